The highest BCUT2D eigenvalue weighted by Gasteiger charge is 2.16. The molecule has 4 aromatic rings. The number of aromatic nitrogens is 1. The fourth-order valence-corrected chi connectivity index (χ4v) is 3.23. The van der Waals surface area contributed by atoms with Gasteiger partial charge in [0, 0.05) is 18.2 Å². The Morgan fingerprint density at radius 3 is 2.61 bits per heavy atom. The molecule has 3 aromatic carbocycles. The van der Waals surface area contributed by atoms with Crippen LogP contribution < -0.4 is 14.8 Å². The summed E-state index contributed by atoms with van der Waals surface area (Å²) in [5.74, 6) is 1.03. The number of nitrogens with one attached hydrogen (secondary N) is 1. The fraction of sp³-hybridized carbons (Fsp3) is 0.0833. The highest BCUT2D eigenvalue weighted by molar-refractivity contribution is 6.04. The molecule has 1 aromatic heterocycles. The van der Waals surface area contributed by atoms with E-state index >= 15 is 0 Å². The van der Waals surface area contributed by atoms with E-state index in [1.54, 1.807) is 62.8 Å². The van der Waals surface area contributed by atoms with Crippen molar-refractivity contribution in [3.63, 3.8) is 0 Å². The summed E-state index contributed by atoms with van der Waals surface area (Å²) >= 11 is 0. The molecule has 0 aliphatic rings. The second-order valence-electron chi connectivity index (χ2n) is 6.91. The minimum atomic E-state index is -0.493. The van der Waals surface area contributed by atoms with Crippen molar-refractivity contribution >= 4 is 34.5 Å². The van der Waals surface area contributed by atoms with Crippen molar-refractivity contribution in [1.82, 2.24) is 4.98 Å². The number of fused-ring (bicyclic) bond motifs is 1. The lowest BCUT2D eigenvalue weighted by atomic mass is 10.1. The zero-order valence-electron chi connectivity index (χ0n) is 17.8. The molecule has 0 unspecified atom stereocenters. The van der Waals surface area contributed by atoms with Crippen molar-refractivity contribution in [2.45, 2.75) is 0 Å². The fourth-order valence-electron chi connectivity index (χ4n) is 3.23. The van der Waals surface area contributed by atoms with E-state index < -0.39 is 4.92 Å². The number of nitrogens with zero attached hydrogens (tertiary/aromatic N) is 2. The van der Waals surface area contributed by atoms with E-state index in [2.05, 4.69) is 10.3 Å². The molecule has 0 radical (unpaired) electrons. The first-order valence-electron chi connectivity index (χ1n) is 9.84. The van der Waals surface area contributed by atoms with Gasteiger partial charge in [-0.3, -0.25) is 14.9 Å². The normalized spacial score (nSPS) is 11.0. The van der Waals surface area contributed by atoms with Crippen LogP contribution in [0.25, 0.3) is 28.6 Å². The highest BCUT2D eigenvalue weighted by Crippen LogP contribution is 2.32. The molecule has 1 heterocycles. The van der Waals surface area contributed by atoms with Crippen LogP contribution in [0.4, 0.5) is 11.4 Å². The molecule has 0 fully saturated rings. The molecule has 0 atom stereocenters. The molecular formula is C24H19N3O6. The van der Waals surface area contributed by atoms with Gasteiger partial charge in [0.1, 0.15) is 5.52 Å². The second-order valence-corrected chi connectivity index (χ2v) is 6.91. The summed E-state index contributed by atoms with van der Waals surface area (Å²) in [6, 6.07) is 16.5. The second kappa shape index (κ2) is 9.23. The minimum absolute atomic E-state index is 0.0794. The molecule has 0 aliphatic carbocycles. The number of hydrogen-bond acceptors (Lipinski definition) is 7. The number of carbonyl (C=O) groups excluding carboxylic acids is 1. The Morgan fingerprint density at radius 1 is 1.06 bits per heavy atom. The first-order chi connectivity index (χ1) is 16.0. The van der Waals surface area contributed by atoms with Crippen LogP contribution in [-0.4, -0.2) is 30.0 Å². The van der Waals surface area contributed by atoms with E-state index in [1.807, 2.05) is 0 Å². The van der Waals surface area contributed by atoms with Crippen molar-refractivity contribution in [3.8, 4) is 23.0 Å². The van der Waals surface area contributed by atoms with Crippen LogP contribution in [0.5, 0.6) is 11.5 Å². The van der Waals surface area contributed by atoms with Gasteiger partial charge < -0.3 is 19.2 Å². The highest BCUT2D eigenvalue weighted by atomic mass is 16.6. The molecule has 1 N–H and O–H groups in total. The van der Waals surface area contributed by atoms with Crippen LogP contribution in [0.1, 0.15) is 5.56 Å². The topological polar surface area (TPSA) is 117 Å². The number of oxazole rings is 1. The Labute approximate surface area is 188 Å². The summed E-state index contributed by atoms with van der Waals surface area (Å²) in [5, 5.41) is 13.8. The molecule has 9 heteroatoms. The average molecular weight is 445 g/mol. The molecule has 0 spiro atoms. The monoisotopic (exact) mass is 445 g/mol. The smallest absolute Gasteiger partial charge is 0.271 e. The third-order valence-electron chi connectivity index (χ3n) is 4.83. The minimum Gasteiger partial charge on any atom is -0.493 e. The molecule has 9 nitrogen and oxygen atoms in total. The van der Waals surface area contributed by atoms with Crippen molar-refractivity contribution in [1.29, 1.82) is 0 Å². The summed E-state index contributed by atoms with van der Waals surface area (Å²) in [6.07, 6.45) is 3.05. The molecule has 4 rings (SSSR count). The van der Waals surface area contributed by atoms with E-state index in [-0.39, 0.29) is 17.5 Å². The number of hydrogen-bond donors (Lipinski definition) is 1. The van der Waals surface area contributed by atoms with E-state index in [0.29, 0.717) is 33.8 Å². The molecule has 33 heavy (non-hydrogen) atoms. The van der Waals surface area contributed by atoms with Gasteiger partial charge in [0.25, 0.3) is 5.69 Å². The molecule has 0 saturated carbocycles. The molecule has 0 bridgehead atoms. The SMILES string of the molecule is COc1ccc(C=CC(=O)Nc2ccccc2-c2nc3cc([N+](=O)[O-])ccc3o2)cc1OC. The first-order valence-corrected chi connectivity index (χ1v) is 9.84. The summed E-state index contributed by atoms with van der Waals surface area (Å²) in [5.41, 5.74) is 2.48. The number of methoxy groups -OCH3 is 2. The van der Waals surface area contributed by atoms with Gasteiger partial charge in [0.2, 0.25) is 11.8 Å². The number of ether oxygens (including phenoxy) is 2. The van der Waals surface area contributed by atoms with Gasteiger partial charge in [0.15, 0.2) is 17.1 Å². The zero-order chi connectivity index (χ0) is 23.4. The molecule has 0 aliphatic heterocycles. The van der Waals surface area contributed by atoms with E-state index in [0.717, 1.165) is 5.56 Å². The van der Waals surface area contributed by atoms with Crippen LogP contribution in [0, 0.1) is 10.1 Å². The molecule has 166 valence electrons. The van der Waals surface area contributed by atoms with Gasteiger partial charge >= 0.3 is 0 Å². The predicted octanol–water partition coefficient (Wildman–Crippen LogP) is 5.07. The van der Waals surface area contributed by atoms with E-state index in [9.17, 15) is 14.9 Å². The number of nitro benzene ring substituents is 1. The van der Waals surface area contributed by atoms with E-state index in [4.69, 9.17) is 13.9 Å². The maximum Gasteiger partial charge on any atom is 0.271 e. The zero-order valence-corrected chi connectivity index (χ0v) is 17.8. The maximum atomic E-state index is 12.6. The van der Waals surface area contributed by atoms with Gasteiger partial charge in [-0.25, -0.2) is 4.98 Å². The Hall–Kier alpha value is -4.66. The van der Waals surface area contributed by atoms with Crippen LogP contribution in [0.15, 0.2) is 71.2 Å². The number of amides is 1. The van der Waals surface area contributed by atoms with Crippen LogP contribution in [0.2, 0.25) is 0 Å². The lowest BCUT2D eigenvalue weighted by Gasteiger charge is -2.08. The maximum absolute atomic E-state index is 12.6. The Bertz CT molecular complexity index is 1380. The number of nitro groups is 1. The Morgan fingerprint density at radius 2 is 1.85 bits per heavy atom. The molecular weight excluding hydrogens is 426 g/mol. The van der Waals surface area contributed by atoms with Crippen molar-refractivity contribution in [3.05, 3.63) is 82.4 Å². The Balaban J connectivity index is 1.57. The van der Waals surface area contributed by atoms with Crippen LogP contribution in [-0.2, 0) is 4.79 Å². The van der Waals surface area contributed by atoms with Gasteiger partial charge in [-0.1, -0.05) is 18.2 Å². The largest absolute Gasteiger partial charge is 0.493 e. The summed E-state index contributed by atoms with van der Waals surface area (Å²) < 4.78 is 16.2. The summed E-state index contributed by atoms with van der Waals surface area (Å²) in [6.45, 7) is 0. The van der Waals surface area contributed by atoms with Gasteiger partial charge in [-0.2, -0.15) is 0 Å². The average Bonchev–Trinajstić information content (AvgIpc) is 3.26. The van der Waals surface area contributed by atoms with Gasteiger partial charge in [0.05, 0.1) is 30.4 Å². The molecule has 0 saturated heterocycles. The van der Waals surface area contributed by atoms with Crippen LogP contribution in [0.3, 0.4) is 0 Å². The first kappa shape index (κ1) is 21.6. The number of para-hydroxylation sites is 1. The number of non-ortho nitro benzene ring substituents is 1. The number of anilines is 1. The van der Waals surface area contributed by atoms with E-state index in [1.165, 1.54) is 24.3 Å². The number of benzene rings is 3. The lowest BCUT2D eigenvalue weighted by Crippen LogP contribution is -2.08. The molecule has 1 amide bonds. The van der Waals surface area contributed by atoms with Gasteiger partial charge in [-0.15, -0.1) is 0 Å². The quantitative estimate of drug-likeness (QED) is 0.240. The Kier molecular flexibility index (Phi) is 6.03. The predicted molar refractivity (Wildman–Crippen MR) is 123 cm³/mol. The van der Waals surface area contributed by atoms with Crippen LogP contribution >= 0.6 is 0 Å². The number of rotatable bonds is 7. The van der Waals surface area contributed by atoms with Crippen molar-refractivity contribution in [2.24, 2.45) is 0 Å². The summed E-state index contributed by atoms with van der Waals surface area (Å²) in [7, 11) is 3.09. The third kappa shape index (κ3) is 4.67. The van der Waals surface area contributed by atoms with Crippen molar-refractivity contribution in [2.75, 3.05) is 19.5 Å². The summed E-state index contributed by atoms with van der Waals surface area (Å²) in [4.78, 5) is 27.4. The standard InChI is InChI=1S/C24H19N3O6/c1-31-21-10-7-15(13-22(21)32-2)8-12-23(28)25-18-6-4-3-5-17(18)24-26-19-14-16(27(29)30)9-11-20(19)33-24/h3-14H,1-2H3,(H,25,28). The van der Waals surface area contributed by atoms with Crippen molar-refractivity contribution < 1.29 is 23.6 Å². The lowest BCUT2D eigenvalue weighted by molar-refractivity contribution is -0.384. The van der Waals surface area contributed by atoms with Gasteiger partial charge in [-0.05, 0) is 42.0 Å². The number of carbonyl (C=O) groups is 1. The third-order valence-corrected chi connectivity index (χ3v) is 4.83.